The monoisotopic (exact) mass is 194 g/mol. The quantitative estimate of drug-likeness (QED) is 0.798. The topological polar surface area (TPSA) is 48.1 Å². The first-order valence-corrected chi connectivity index (χ1v) is 4.94. The van der Waals surface area contributed by atoms with Crippen molar-refractivity contribution in [1.82, 2.24) is 4.98 Å². The molecule has 78 valence electrons. The first-order valence-electron chi connectivity index (χ1n) is 4.94. The van der Waals surface area contributed by atoms with Gasteiger partial charge in [-0.1, -0.05) is 13.8 Å². The number of nitrogens with two attached hydrogens (primary N) is 1. The van der Waals surface area contributed by atoms with E-state index in [4.69, 9.17) is 10.5 Å². The number of ether oxygens (including phenoxy) is 1. The van der Waals surface area contributed by atoms with E-state index in [0.717, 1.165) is 18.1 Å². The summed E-state index contributed by atoms with van der Waals surface area (Å²) in [5.41, 5.74) is 6.57. The largest absolute Gasteiger partial charge is 0.492 e. The van der Waals surface area contributed by atoms with E-state index < -0.39 is 0 Å². The number of rotatable bonds is 4. The van der Waals surface area contributed by atoms with Gasteiger partial charge in [-0.3, -0.25) is 4.98 Å². The average molecular weight is 194 g/mol. The van der Waals surface area contributed by atoms with Crippen molar-refractivity contribution in [1.29, 1.82) is 0 Å². The summed E-state index contributed by atoms with van der Waals surface area (Å²) in [5, 5.41) is 0. The van der Waals surface area contributed by atoms with Crippen LogP contribution in [0.25, 0.3) is 0 Å². The molecule has 0 aromatic carbocycles. The van der Waals surface area contributed by atoms with E-state index in [1.165, 1.54) is 0 Å². The fourth-order valence-corrected chi connectivity index (χ4v) is 1.01. The van der Waals surface area contributed by atoms with Crippen LogP contribution >= 0.6 is 0 Å². The summed E-state index contributed by atoms with van der Waals surface area (Å²) >= 11 is 0. The third kappa shape index (κ3) is 3.34. The fraction of sp³-hybridized carbons (Fsp3) is 0.545. The van der Waals surface area contributed by atoms with Crippen LogP contribution in [-0.2, 0) is 0 Å². The summed E-state index contributed by atoms with van der Waals surface area (Å²) in [6.07, 6.45) is 1.72. The van der Waals surface area contributed by atoms with Gasteiger partial charge in [-0.15, -0.1) is 0 Å². The molecule has 0 unspecified atom stereocenters. The molecule has 3 nitrogen and oxygen atoms in total. The van der Waals surface area contributed by atoms with Crippen LogP contribution in [-0.4, -0.2) is 11.6 Å². The van der Waals surface area contributed by atoms with Crippen molar-refractivity contribution in [2.45, 2.75) is 26.8 Å². The van der Waals surface area contributed by atoms with Crippen molar-refractivity contribution in [3.63, 3.8) is 0 Å². The molecule has 1 aromatic rings. The van der Waals surface area contributed by atoms with Gasteiger partial charge in [0.2, 0.25) is 0 Å². The first-order chi connectivity index (χ1) is 6.59. The lowest BCUT2D eigenvalue weighted by Crippen LogP contribution is -2.08. The summed E-state index contributed by atoms with van der Waals surface area (Å²) in [5.74, 6) is 1.34. The predicted octanol–water partition coefficient (Wildman–Crippen LogP) is 2.14. The third-order valence-electron chi connectivity index (χ3n) is 1.81. The SMILES string of the molecule is CC(C)COc1ccc([C@@H](C)N)nc1. The highest BCUT2D eigenvalue weighted by Crippen LogP contribution is 2.13. The summed E-state index contributed by atoms with van der Waals surface area (Å²) in [6, 6.07) is 3.79. The van der Waals surface area contributed by atoms with E-state index in [2.05, 4.69) is 18.8 Å². The second-order valence-corrected chi connectivity index (χ2v) is 3.91. The average Bonchev–Trinajstić information content (AvgIpc) is 2.15. The summed E-state index contributed by atoms with van der Waals surface area (Å²) in [6.45, 7) is 6.86. The van der Waals surface area contributed by atoms with Gasteiger partial charge in [0, 0.05) is 6.04 Å². The van der Waals surface area contributed by atoms with Gasteiger partial charge in [-0.05, 0) is 25.0 Å². The van der Waals surface area contributed by atoms with Gasteiger partial charge in [0.1, 0.15) is 5.75 Å². The predicted molar refractivity (Wildman–Crippen MR) is 57.2 cm³/mol. The Balaban J connectivity index is 2.55. The van der Waals surface area contributed by atoms with Crippen LogP contribution in [0.4, 0.5) is 0 Å². The third-order valence-corrected chi connectivity index (χ3v) is 1.81. The number of hydrogen-bond donors (Lipinski definition) is 1. The van der Waals surface area contributed by atoms with Gasteiger partial charge in [-0.25, -0.2) is 0 Å². The number of hydrogen-bond acceptors (Lipinski definition) is 3. The molecule has 0 aliphatic rings. The molecule has 0 bridgehead atoms. The Morgan fingerprint density at radius 3 is 2.50 bits per heavy atom. The Kier molecular flexibility index (Phi) is 3.89. The Hall–Kier alpha value is -1.09. The standard InChI is InChI=1S/C11H18N2O/c1-8(2)7-14-10-4-5-11(9(3)12)13-6-10/h4-6,8-9H,7,12H2,1-3H3/t9-/m1/s1. The first kappa shape index (κ1) is 11.0. The van der Waals surface area contributed by atoms with Gasteiger partial charge in [0.25, 0.3) is 0 Å². The molecule has 0 aliphatic carbocycles. The molecular formula is C11H18N2O. The highest BCUT2D eigenvalue weighted by atomic mass is 16.5. The van der Waals surface area contributed by atoms with Crippen molar-refractivity contribution in [3.8, 4) is 5.75 Å². The minimum atomic E-state index is -0.0193. The van der Waals surface area contributed by atoms with E-state index in [1.807, 2.05) is 19.1 Å². The van der Waals surface area contributed by atoms with E-state index >= 15 is 0 Å². The minimum absolute atomic E-state index is 0.0193. The second-order valence-electron chi connectivity index (χ2n) is 3.91. The van der Waals surface area contributed by atoms with Gasteiger partial charge in [0.05, 0.1) is 18.5 Å². The summed E-state index contributed by atoms with van der Waals surface area (Å²) in [7, 11) is 0. The number of pyridine rings is 1. The highest BCUT2D eigenvalue weighted by molar-refractivity contribution is 5.21. The molecule has 1 atom stereocenters. The summed E-state index contributed by atoms with van der Waals surface area (Å²) in [4.78, 5) is 4.21. The molecule has 1 heterocycles. The van der Waals surface area contributed by atoms with Crippen LogP contribution in [0.1, 0.15) is 32.5 Å². The molecule has 3 heteroatoms. The molecule has 1 aromatic heterocycles. The van der Waals surface area contributed by atoms with Crippen LogP contribution in [0, 0.1) is 5.92 Å². The van der Waals surface area contributed by atoms with Crippen LogP contribution in [0.2, 0.25) is 0 Å². The maximum Gasteiger partial charge on any atom is 0.137 e. The van der Waals surface area contributed by atoms with Crippen LogP contribution in [0.15, 0.2) is 18.3 Å². The van der Waals surface area contributed by atoms with Crippen molar-refractivity contribution < 1.29 is 4.74 Å². The van der Waals surface area contributed by atoms with Gasteiger partial charge in [0.15, 0.2) is 0 Å². The second kappa shape index (κ2) is 4.96. The fourth-order valence-electron chi connectivity index (χ4n) is 1.01. The minimum Gasteiger partial charge on any atom is -0.492 e. The molecule has 14 heavy (non-hydrogen) atoms. The molecule has 0 amide bonds. The Bertz CT molecular complexity index is 267. The van der Waals surface area contributed by atoms with E-state index in [0.29, 0.717) is 5.92 Å². The molecule has 1 rings (SSSR count). The van der Waals surface area contributed by atoms with E-state index in [1.54, 1.807) is 6.20 Å². The van der Waals surface area contributed by atoms with Crippen molar-refractivity contribution in [3.05, 3.63) is 24.0 Å². The summed E-state index contributed by atoms with van der Waals surface area (Å²) < 4.78 is 5.50. The maximum absolute atomic E-state index is 5.68. The molecule has 2 N–H and O–H groups in total. The van der Waals surface area contributed by atoms with Gasteiger partial charge in [-0.2, -0.15) is 0 Å². The molecular weight excluding hydrogens is 176 g/mol. The smallest absolute Gasteiger partial charge is 0.137 e. The van der Waals surface area contributed by atoms with Crippen LogP contribution < -0.4 is 10.5 Å². The zero-order valence-corrected chi connectivity index (χ0v) is 9.03. The molecule has 0 spiro atoms. The maximum atomic E-state index is 5.68. The molecule has 0 saturated carbocycles. The number of nitrogens with zero attached hydrogens (tertiary/aromatic N) is 1. The Morgan fingerprint density at radius 2 is 2.07 bits per heavy atom. The van der Waals surface area contributed by atoms with Gasteiger partial charge < -0.3 is 10.5 Å². The van der Waals surface area contributed by atoms with Crippen molar-refractivity contribution in [2.75, 3.05) is 6.61 Å². The molecule has 0 saturated heterocycles. The zero-order valence-electron chi connectivity index (χ0n) is 9.03. The van der Waals surface area contributed by atoms with E-state index in [-0.39, 0.29) is 6.04 Å². The van der Waals surface area contributed by atoms with Crippen molar-refractivity contribution in [2.24, 2.45) is 11.7 Å². The van der Waals surface area contributed by atoms with Crippen LogP contribution in [0.5, 0.6) is 5.75 Å². The normalized spacial score (nSPS) is 12.9. The molecule has 0 radical (unpaired) electrons. The van der Waals surface area contributed by atoms with Crippen molar-refractivity contribution >= 4 is 0 Å². The highest BCUT2D eigenvalue weighted by Gasteiger charge is 2.01. The lowest BCUT2D eigenvalue weighted by Gasteiger charge is -2.09. The molecule has 0 aliphatic heterocycles. The molecule has 0 fully saturated rings. The van der Waals surface area contributed by atoms with Crippen LogP contribution in [0.3, 0.4) is 0 Å². The Morgan fingerprint density at radius 1 is 1.36 bits per heavy atom. The lowest BCUT2D eigenvalue weighted by atomic mass is 10.2. The van der Waals surface area contributed by atoms with Gasteiger partial charge >= 0.3 is 0 Å². The Labute approximate surface area is 85.3 Å². The van der Waals surface area contributed by atoms with E-state index in [9.17, 15) is 0 Å². The lowest BCUT2D eigenvalue weighted by molar-refractivity contribution is 0.270. The number of aromatic nitrogens is 1. The zero-order chi connectivity index (χ0) is 10.6.